The molecule has 0 aliphatic carbocycles. The van der Waals surface area contributed by atoms with Crippen molar-refractivity contribution in [3.8, 4) is 22.7 Å². The number of benzene rings is 2. The molecule has 0 aliphatic heterocycles. The predicted octanol–water partition coefficient (Wildman–Crippen LogP) is 4.50. The summed E-state index contributed by atoms with van der Waals surface area (Å²) < 4.78 is 12.1. The zero-order chi connectivity index (χ0) is 23.3. The quantitative estimate of drug-likeness (QED) is 0.527. The SMILES string of the molecule is CCOC(=O)c1cc(-c2cccc(OC)c2)n(-c2ccc(C(=O)NC(C)C(C)C)cc2)n1. The fourth-order valence-electron chi connectivity index (χ4n) is 3.08. The average molecular weight is 436 g/mol. The highest BCUT2D eigenvalue weighted by molar-refractivity contribution is 5.94. The van der Waals surface area contributed by atoms with Crippen molar-refractivity contribution in [3.63, 3.8) is 0 Å². The van der Waals surface area contributed by atoms with Crippen LogP contribution in [-0.4, -0.2) is 41.4 Å². The van der Waals surface area contributed by atoms with Crippen molar-refractivity contribution in [3.05, 3.63) is 65.9 Å². The lowest BCUT2D eigenvalue weighted by atomic mass is 10.1. The normalized spacial score (nSPS) is 11.8. The van der Waals surface area contributed by atoms with Gasteiger partial charge in [-0.05, 0) is 62.2 Å². The third-order valence-electron chi connectivity index (χ3n) is 5.29. The lowest BCUT2D eigenvalue weighted by Gasteiger charge is -2.17. The van der Waals surface area contributed by atoms with E-state index in [9.17, 15) is 9.59 Å². The zero-order valence-corrected chi connectivity index (χ0v) is 19.1. The van der Waals surface area contributed by atoms with Crippen LogP contribution in [0.5, 0.6) is 5.75 Å². The second kappa shape index (κ2) is 10.1. The Labute approximate surface area is 188 Å². The number of methoxy groups -OCH3 is 1. The first kappa shape index (κ1) is 23.1. The molecule has 0 saturated heterocycles. The van der Waals surface area contributed by atoms with E-state index in [0.29, 0.717) is 28.6 Å². The van der Waals surface area contributed by atoms with E-state index in [2.05, 4.69) is 24.3 Å². The van der Waals surface area contributed by atoms with Gasteiger partial charge in [-0.15, -0.1) is 0 Å². The highest BCUT2D eigenvalue weighted by Crippen LogP contribution is 2.27. The number of hydrogen-bond donors (Lipinski definition) is 1. The number of ether oxygens (including phenoxy) is 2. The molecule has 168 valence electrons. The van der Waals surface area contributed by atoms with Crippen molar-refractivity contribution in [2.45, 2.75) is 33.7 Å². The number of carbonyl (C=O) groups is 2. The van der Waals surface area contributed by atoms with Crippen LogP contribution in [0.3, 0.4) is 0 Å². The number of carbonyl (C=O) groups excluding carboxylic acids is 2. The molecule has 1 aromatic heterocycles. The molecular weight excluding hydrogens is 406 g/mol. The molecule has 0 saturated carbocycles. The minimum Gasteiger partial charge on any atom is -0.497 e. The highest BCUT2D eigenvalue weighted by atomic mass is 16.5. The topological polar surface area (TPSA) is 82.5 Å². The van der Waals surface area contributed by atoms with Gasteiger partial charge in [0.1, 0.15) is 5.75 Å². The maximum Gasteiger partial charge on any atom is 0.358 e. The number of nitrogens with one attached hydrogen (secondary N) is 1. The summed E-state index contributed by atoms with van der Waals surface area (Å²) in [6, 6.07) is 16.4. The maximum atomic E-state index is 12.5. The molecule has 0 aliphatic rings. The fourth-order valence-corrected chi connectivity index (χ4v) is 3.08. The first-order chi connectivity index (χ1) is 15.3. The molecule has 7 heteroatoms. The van der Waals surface area contributed by atoms with Crippen molar-refractivity contribution in [1.82, 2.24) is 15.1 Å². The second-order valence-electron chi connectivity index (χ2n) is 7.83. The van der Waals surface area contributed by atoms with Gasteiger partial charge in [0.25, 0.3) is 5.91 Å². The van der Waals surface area contributed by atoms with Gasteiger partial charge in [0.15, 0.2) is 5.69 Å². The molecule has 1 heterocycles. The smallest absolute Gasteiger partial charge is 0.358 e. The molecule has 32 heavy (non-hydrogen) atoms. The highest BCUT2D eigenvalue weighted by Gasteiger charge is 2.19. The number of amides is 1. The van der Waals surface area contributed by atoms with E-state index in [1.807, 2.05) is 31.2 Å². The van der Waals surface area contributed by atoms with Crippen LogP contribution in [0.15, 0.2) is 54.6 Å². The molecule has 1 atom stereocenters. The monoisotopic (exact) mass is 435 g/mol. The Morgan fingerprint density at radius 2 is 1.78 bits per heavy atom. The van der Waals surface area contributed by atoms with Gasteiger partial charge in [-0.25, -0.2) is 9.48 Å². The Balaban J connectivity index is 1.98. The van der Waals surface area contributed by atoms with E-state index in [1.54, 1.807) is 49.0 Å². The molecule has 3 rings (SSSR count). The van der Waals surface area contributed by atoms with Crippen molar-refractivity contribution >= 4 is 11.9 Å². The standard InChI is InChI=1S/C25H29N3O4/c1-6-32-25(30)22-15-23(19-8-7-9-21(14-19)31-5)28(27-22)20-12-10-18(11-13-20)24(29)26-17(4)16(2)3/h7-17H,6H2,1-5H3,(H,26,29). The third-order valence-corrected chi connectivity index (χ3v) is 5.29. The molecule has 3 aromatic rings. The van der Waals surface area contributed by atoms with E-state index in [0.717, 1.165) is 5.56 Å². The van der Waals surface area contributed by atoms with E-state index < -0.39 is 5.97 Å². The predicted molar refractivity (Wildman–Crippen MR) is 123 cm³/mol. The Hall–Kier alpha value is -3.61. The van der Waals surface area contributed by atoms with Gasteiger partial charge in [-0.2, -0.15) is 5.10 Å². The zero-order valence-electron chi connectivity index (χ0n) is 19.1. The van der Waals surface area contributed by atoms with E-state index >= 15 is 0 Å². The first-order valence-electron chi connectivity index (χ1n) is 10.7. The maximum absolute atomic E-state index is 12.5. The number of nitrogens with zero attached hydrogens (tertiary/aromatic N) is 2. The van der Waals surface area contributed by atoms with Gasteiger partial charge < -0.3 is 14.8 Å². The van der Waals surface area contributed by atoms with Crippen molar-refractivity contribution in [2.24, 2.45) is 5.92 Å². The summed E-state index contributed by atoms with van der Waals surface area (Å²) in [7, 11) is 1.60. The molecule has 7 nitrogen and oxygen atoms in total. The summed E-state index contributed by atoms with van der Waals surface area (Å²) >= 11 is 0. The molecule has 0 radical (unpaired) electrons. The van der Waals surface area contributed by atoms with Crippen LogP contribution in [-0.2, 0) is 4.74 Å². The van der Waals surface area contributed by atoms with Gasteiger partial charge in [-0.1, -0.05) is 26.0 Å². The molecular formula is C25H29N3O4. The molecule has 1 N–H and O–H groups in total. The lowest BCUT2D eigenvalue weighted by Crippen LogP contribution is -2.36. The van der Waals surface area contributed by atoms with Crippen LogP contribution >= 0.6 is 0 Å². The number of esters is 1. The Morgan fingerprint density at radius 3 is 2.41 bits per heavy atom. The first-order valence-corrected chi connectivity index (χ1v) is 10.7. The molecule has 0 bridgehead atoms. The minimum absolute atomic E-state index is 0.0695. The summed E-state index contributed by atoms with van der Waals surface area (Å²) in [6.45, 7) is 8.12. The largest absolute Gasteiger partial charge is 0.497 e. The van der Waals surface area contributed by atoms with Gasteiger partial charge in [-0.3, -0.25) is 4.79 Å². The summed E-state index contributed by atoms with van der Waals surface area (Å²) in [5.41, 5.74) is 3.02. The third kappa shape index (κ3) is 5.17. The molecule has 2 aromatic carbocycles. The van der Waals surface area contributed by atoms with Crippen LogP contribution in [0, 0.1) is 5.92 Å². The van der Waals surface area contributed by atoms with Crippen molar-refractivity contribution in [2.75, 3.05) is 13.7 Å². The molecule has 1 unspecified atom stereocenters. The van der Waals surface area contributed by atoms with Gasteiger partial charge in [0, 0.05) is 17.2 Å². The second-order valence-corrected chi connectivity index (χ2v) is 7.83. The minimum atomic E-state index is -0.492. The summed E-state index contributed by atoms with van der Waals surface area (Å²) in [4.78, 5) is 24.8. The van der Waals surface area contributed by atoms with Crippen LogP contribution in [0.2, 0.25) is 0 Å². The Kier molecular flexibility index (Phi) is 7.30. The summed E-state index contributed by atoms with van der Waals surface area (Å²) in [5, 5.41) is 7.48. The van der Waals surface area contributed by atoms with Crippen LogP contribution in [0.25, 0.3) is 16.9 Å². The average Bonchev–Trinajstić information content (AvgIpc) is 3.25. The Bertz CT molecular complexity index is 1090. The lowest BCUT2D eigenvalue weighted by molar-refractivity contribution is 0.0518. The fraction of sp³-hybridized carbons (Fsp3) is 0.320. The Morgan fingerprint density at radius 1 is 1.06 bits per heavy atom. The van der Waals surface area contributed by atoms with Crippen LogP contribution in [0.4, 0.5) is 0 Å². The van der Waals surface area contributed by atoms with Gasteiger partial charge in [0.2, 0.25) is 0 Å². The van der Waals surface area contributed by atoms with E-state index in [4.69, 9.17) is 9.47 Å². The molecule has 0 spiro atoms. The van der Waals surface area contributed by atoms with E-state index in [1.165, 1.54) is 0 Å². The molecule has 0 fully saturated rings. The van der Waals surface area contributed by atoms with Gasteiger partial charge in [0.05, 0.1) is 25.1 Å². The van der Waals surface area contributed by atoms with Crippen LogP contribution < -0.4 is 10.1 Å². The number of aromatic nitrogens is 2. The summed E-state index contributed by atoms with van der Waals surface area (Å²) in [6.07, 6.45) is 0. The van der Waals surface area contributed by atoms with Crippen LogP contribution in [0.1, 0.15) is 48.5 Å². The summed E-state index contributed by atoms with van der Waals surface area (Å²) in [5.74, 6) is 0.417. The van der Waals surface area contributed by atoms with Crippen molar-refractivity contribution < 1.29 is 19.1 Å². The van der Waals surface area contributed by atoms with E-state index in [-0.39, 0.29) is 24.2 Å². The number of rotatable bonds is 8. The number of hydrogen-bond acceptors (Lipinski definition) is 5. The van der Waals surface area contributed by atoms with Crippen molar-refractivity contribution in [1.29, 1.82) is 0 Å². The molecule has 1 amide bonds. The van der Waals surface area contributed by atoms with Gasteiger partial charge >= 0.3 is 5.97 Å².